The fourth-order valence-corrected chi connectivity index (χ4v) is 3.11. The number of anilines is 1. The number of hydrogen-bond acceptors (Lipinski definition) is 3. The van der Waals surface area contributed by atoms with Crippen LogP contribution in [-0.4, -0.2) is 10.9 Å². The molecule has 0 bridgehead atoms. The van der Waals surface area contributed by atoms with Crippen LogP contribution in [0, 0.1) is 11.6 Å². The van der Waals surface area contributed by atoms with Crippen LogP contribution in [0.3, 0.4) is 0 Å². The van der Waals surface area contributed by atoms with Gasteiger partial charge in [0.25, 0.3) is 0 Å². The van der Waals surface area contributed by atoms with Crippen LogP contribution in [0.15, 0.2) is 54.7 Å². The number of halogens is 2. The lowest BCUT2D eigenvalue weighted by atomic mass is 10.1. The van der Waals surface area contributed by atoms with Crippen LogP contribution in [0.1, 0.15) is 16.0 Å². The highest BCUT2D eigenvalue weighted by molar-refractivity contribution is 7.15. The molecule has 6 heteroatoms. The van der Waals surface area contributed by atoms with Gasteiger partial charge in [-0.05, 0) is 35.4 Å². The fraction of sp³-hybridized carbons (Fsp3) is 0.111. The maximum absolute atomic E-state index is 13.1. The maximum atomic E-state index is 13.1. The molecular formula is C18H14F2N2OS. The molecule has 1 N–H and O–H groups in total. The van der Waals surface area contributed by atoms with Gasteiger partial charge >= 0.3 is 0 Å². The second-order valence-corrected chi connectivity index (χ2v) is 6.41. The highest BCUT2D eigenvalue weighted by Crippen LogP contribution is 2.21. The van der Waals surface area contributed by atoms with Crippen molar-refractivity contribution in [2.45, 2.75) is 12.8 Å². The molecule has 0 aliphatic heterocycles. The number of aromatic nitrogens is 1. The number of nitrogens with one attached hydrogen (secondary N) is 1. The second-order valence-electron chi connectivity index (χ2n) is 5.29. The molecule has 24 heavy (non-hydrogen) atoms. The molecule has 1 heterocycles. The first-order valence-electron chi connectivity index (χ1n) is 7.32. The average molecular weight is 344 g/mol. The summed E-state index contributed by atoms with van der Waals surface area (Å²) < 4.78 is 26.0. The van der Waals surface area contributed by atoms with Gasteiger partial charge in [-0.25, -0.2) is 13.8 Å². The molecule has 0 radical (unpaired) electrons. The van der Waals surface area contributed by atoms with E-state index in [2.05, 4.69) is 10.3 Å². The van der Waals surface area contributed by atoms with Crippen molar-refractivity contribution in [1.29, 1.82) is 0 Å². The predicted octanol–water partition coefficient (Wildman–Crippen LogP) is 4.19. The van der Waals surface area contributed by atoms with Gasteiger partial charge in [0.2, 0.25) is 5.91 Å². The Morgan fingerprint density at radius 3 is 2.58 bits per heavy atom. The molecule has 122 valence electrons. The molecule has 3 rings (SSSR count). The first-order chi connectivity index (χ1) is 11.6. The summed E-state index contributed by atoms with van der Waals surface area (Å²) in [6.07, 6.45) is 2.40. The van der Waals surface area contributed by atoms with Crippen LogP contribution < -0.4 is 5.32 Å². The molecule has 3 nitrogen and oxygen atoms in total. The van der Waals surface area contributed by atoms with E-state index in [0.29, 0.717) is 17.1 Å². The standard InChI is InChI=1S/C18H14F2N2OS/c19-14-6-4-12(5-7-14)9-16-11-21-18(24-16)22-17(23)10-13-2-1-3-15(20)8-13/h1-8,11H,9-10H2,(H,21,22,23). The highest BCUT2D eigenvalue weighted by atomic mass is 32.1. The van der Waals surface area contributed by atoms with E-state index >= 15 is 0 Å². The summed E-state index contributed by atoms with van der Waals surface area (Å²) in [6, 6.07) is 12.2. The van der Waals surface area contributed by atoms with E-state index in [1.165, 1.54) is 35.6 Å². The lowest BCUT2D eigenvalue weighted by Gasteiger charge is -2.02. The number of hydrogen-bond donors (Lipinski definition) is 1. The molecule has 1 amide bonds. The third kappa shape index (κ3) is 4.45. The molecule has 0 aliphatic carbocycles. The first-order valence-corrected chi connectivity index (χ1v) is 8.13. The van der Waals surface area contributed by atoms with Crippen LogP contribution in [-0.2, 0) is 17.6 Å². The summed E-state index contributed by atoms with van der Waals surface area (Å²) in [5, 5.41) is 3.21. The fourth-order valence-electron chi connectivity index (χ4n) is 2.25. The average Bonchev–Trinajstić information content (AvgIpc) is 2.96. The molecule has 0 fully saturated rings. The lowest BCUT2D eigenvalue weighted by Crippen LogP contribution is -2.14. The lowest BCUT2D eigenvalue weighted by molar-refractivity contribution is -0.115. The van der Waals surface area contributed by atoms with Gasteiger partial charge in [-0.2, -0.15) is 0 Å². The molecular weight excluding hydrogens is 330 g/mol. The van der Waals surface area contributed by atoms with Crippen molar-refractivity contribution >= 4 is 22.4 Å². The van der Waals surface area contributed by atoms with Crippen molar-refractivity contribution < 1.29 is 13.6 Å². The molecule has 2 aromatic carbocycles. The predicted molar refractivity (Wildman–Crippen MR) is 90.1 cm³/mol. The minimum atomic E-state index is -0.365. The maximum Gasteiger partial charge on any atom is 0.230 e. The molecule has 0 unspecified atom stereocenters. The van der Waals surface area contributed by atoms with Crippen molar-refractivity contribution in [3.05, 3.63) is 82.4 Å². The van der Waals surface area contributed by atoms with Crippen LogP contribution in [0.25, 0.3) is 0 Å². The van der Waals surface area contributed by atoms with Gasteiger partial charge < -0.3 is 5.32 Å². The molecule has 0 aliphatic rings. The summed E-state index contributed by atoms with van der Waals surface area (Å²) in [7, 11) is 0. The van der Waals surface area contributed by atoms with E-state index in [9.17, 15) is 13.6 Å². The van der Waals surface area contributed by atoms with Gasteiger partial charge in [-0.1, -0.05) is 24.3 Å². The summed E-state index contributed by atoms with van der Waals surface area (Å²) in [5.74, 6) is -0.882. The molecule has 0 saturated carbocycles. The number of carbonyl (C=O) groups excluding carboxylic acids is 1. The van der Waals surface area contributed by atoms with Crippen LogP contribution in [0.4, 0.5) is 13.9 Å². The van der Waals surface area contributed by atoms with Gasteiger partial charge in [-0.15, -0.1) is 11.3 Å². The van der Waals surface area contributed by atoms with Crippen molar-refractivity contribution in [3.63, 3.8) is 0 Å². The summed E-state index contributed by atoms with van der Waals surface area (Å²) in [5.41, 5.74) is 1.58. The Labute approximate surface area is 142 Å². The number of thiazole rings is 1. The quantitative estimate of drug-likeness (QED) is 0.754. The Hall–Kier alpha value is -2.60. The number of rotatable bonds is 5. The van der Waals surface area contributed by atoms with E-state index in [0.717, 1.165) is 10.4 Å². The molecule has 0 saturated heterocycles. The number of amides is 1. The van der Waals surface area contributed by atoms with E-state index in [4.69, 9.17) is 0 Å². The van der Waals surface area contributed by atoms with Gasteiger partial charge in [0.15, 0.2) is 5.13 Å². The normalized spacial score (nSPS) is 10.6. The van der Waals surface area contributed by atoms with Gasteiger partial charge in [-0.3, -0.25) is 4.79 Å². The summed E-state index contributed by atoms with van der Waals surface area (Å²) in [4.78, 5) is 17.1. The largest absolute Gasteiger partial charge is 0.302 e. The Balaban J connectivity index is 1.59. The van der Waals surface area contributed by atoms with Gasteiger partial charge in [0.05, 0.1) is 6.42 Å². The molecule has 3 aromatic rings. The zero-order chi connectivity index (χ0) is 16.9. The second kappa shape index (κ2) is 7.31. The summed E-state index contributed by atoms with van der Waals surface area (Å²) >= 11 is 1.36. The third-order valence-electron chi connectivity index (χ3n) is 3.35. The zero-order valence-corrected chi connectivity index (χ0v) is 13.4. The van der Waals surface area contributed by atoms with Crippen LogP contribution >= 0.6 is 11.3 Å². The number of nitrogens with zero attached hydrogens (tertiary/aromatic N) is 1. The SMILES string of the molecule is O=C(Cc1cccc(F)c1)Nc1ncc(Cc2ccc(F)cc2)s1. The van der Waals surface area contributed by atoms with E-state index < -0.39 is 0 Å². The van der Waals surface area contributed by atoms with Gasteiger partial charge in [0, 0.05) is 17.5 Å². The minimum Gasteiger partial charge on any atom is -0.302 e. The molecule has 1 aromatic heterocycles. The van der Waals surface area contributed by atoms with Crippen LogP contribution in [0.5, 0.6) is 0 Å². The smallest absolute Gasteiger partial charge is 0.230 e. The monoisotopic (exact) mass is 344 g/mol. The topological polar surface area (TPSA) is 42.0 Å². The van der Waals surface area contributed by atoms with Gasteiger partial charge in [0.1, 0.15) is 11.6 Å². The van der Waals surface area contributed by atoms with Crippen molar-refractivity contribution in [1.82, 2.24) is 4.98 Å². The Kier molecular flexibility index (Phi) is 4.96. The van der Waals surface area contributed by atoms with Crippen molar-refractivity contribution in [2.24, 2.45) is 0 Å². The third-order valence-corrected chi connectivity index (χ3v) is 4.26. The number of benzene rings is 2. The number of carbonyl (C=O) groups is 1. The molecule has 0 atom stereocenters. The van der Waals surface area contributed by atoms with Crippen molar-refractivity contribution in [2.75, 3.05) is 5.32 Å². The van der Waals surface area contributed by atoms with E-state index in [1.54, 1.807) is 30.5 Å². The zero-order valence-electron chi connectivity index (χ0n) is 12.6. The van der Waals surface area contributed by atoms with Crippen LogP contribution in [0.2, 0.25) is 0 Å². The van der Waals surface area contributed by atoms with Crippen molar-refractivity contribution in [3.8, 4) is 0 Å². The Bertz CT molecular complexity index is 846. The Morgan fingerprint density at radius 1 is 1.04 bits per heavy atom. The highest BCUT2D eigenvalue weighted by Gasteiger charge is 2.09. The molecule has 0 spiro atoms. The van der Waals surface area contributed by atoms with E-state index in [1.807, 2.05) is 0 Å². The summed E-state index contributed by atoms with van der Waals surface area (Å²) in [6.45, 7) is 0. The Morgan fingerprint density at radius 2 is 1.83 bits per heavy atom. The first kappa shape index (κ1) is 16.3. The minimum absolute atomic E-state index is 0.0879. The van der Waals surface area contributed by atoms with E-state index in [-0.39, 0.29) is 24.0 Å².